The summed E-state index contributed by atoms with van der Waals surface area (Å²) >= 11 is 1.36. The van der Waals surface area contributed by atoms with Crippen LogP contribution in [0.2, 0.25) is 0 Å². The molecule has 3 aromatic heterocycles. The van der Waals surface area contributed by atoms with Gasteiger partial charge in [0.2, 0.25) is 11.0 Å². The van der Waals surface area contributed by atoms with Crippen LogP contribution in [0.25, 0.3) is 11.2 Å². The molecule has 24 heavy (non-hydrogen) atoms. The average molecular weight is 345 g/mol. The molecular weight excluding hydrogens is 330 g/mol. The van der Waals surface area contributed by atoms with Crippen LogP contribution < -0.4 is 10.2 Å². The molecule has 0 unspecified atom stereocenters. The van der Waals surface area contributed by atoms with Gasteiger partial charge in [0.05, 0.1) is 5.92 Å². The molecule has 0 spiro atoms. The molecule has 1 amide bonds. The zero-order valence-corrected chi connectivity index (χ0v) is 14.0. The number of fused-ring (bicyclic) bond motifs is 1. The zero-order valence-electron chi connectivity index (χ0n) is 13.2. The van der Waals surface area contributed by atoms with Gasteiger partial charge in [-0.2, -0.15) is 0 Å². The fourth-order valence-electron chi connectivity index (χ4n) is 2.60. The van der Waals surface area contributed by atoms with Crippen molar-refractivity contribution in [3.8, 4) is 0 Å². The Kier molecular flexibility index (Phi) is 3.56. The second-order valence-corrected chi connectivity index (χ2v) is 6.67. The van der Waals surface area contributed by atoms with Gasteiger partial charge in [-0.1, -0.05) is 16.6 Å². The molecule has 1 fully saturated rings. The molecule has 0 saturated carbocycles. The molecule has 3 aromatic rings. The highest BCUT2D eigenvalue weighted by atomic mass is 32.1. The maximum absolute atomic E-state index is 12.2. The first-order chi connectivity index (χ1) is 11.7. The lowest BCUT2D eigenvalue weighted by Gasteiger charge is -2.38. The molecular formula is C13H15N9OS. The van der Waals surface area contributed by atoms with Gasteiger partial charge >= 0.3 is 0 Å². The Morgan fingerprint density at radius 3 is 2.88 bits per heavy atom. The topological polar surface area (TPSA) is 115 Å². The van der Waals surface area contributed by atoms with Gasteiger partial charge in [0.1, 0.15) is 11.3 Å². The molecule has 124 valence electrons. The summed E-state index contributed by atoms with van der Waals surface area (Å²) in [5.74, 6) is 0.556. The number of hydrogen-bond donors (Lipinski definition) is 1. The predicted molar refractivity (Wildman–Crippen MR) is 87.8 cm³/mol. The lowest BCUT2D eigenvalue weighted by Crippen LogP contribution is -2.52. The van der Waals surface area contributed by atoms with Crippen LogP contribution in [-0.4, -0.2) is 54.2 Å². The van der Waals surface area contributed by atoms with E-state index < -0.39 is 0 Å². The van der Waals surface area contributed by atoms with Crippen LogP contribution in [0.1, 0.15) is 11.9 Å². The average Bonchev–Trinajstić information content (AvgIpc) is 3.12. The van der Waals surface area contributed by atoms with Gasteiger partial charge in [-0.3, -0.25) is 4.79 Å². The Morgan fingerprint density at radius 1 is 1.33 bits per heavy atom. The molecule has 1 aliphatic rings. The van der Waals surface area contributed by atoms with Crippen molar-refractivity contribution in [2.75, 3.05) is 23.3 Å². The first kappa shape index (κ1) is 14.9. The number of nitrogens with one attached hydrogen (secondary N) is 1. The maximum Gasteiger partial charge on any atom is 0.232 e. The van der Waals surface area contributed by atoms with Crippen LogP contribution in [0.15, 0.2) is 6.33 Å². The van der Waals surface area contributed by atoms with Crippen LogP contribution in [0, 0.1) is 12.8 Å². The summed E-state index contributed by atoms with van der Waals surface area (Å²) in [7, 11) is 0. The van der Waals surface area contributed by atoms with Crippen molar-refractivity contribution in [1.82, 2.24) is 35.2 Å². The summed E-state index contributed by atoms with van der Waals surface area (Å²) in [5.41, 5.74) is 1.37. The highest BCUT2D eigenvalue weighted by Crippen LogP contribution is 2.28. The van der Waals surface area contributed by atoms with Crippen LogP contribution in [0.5, 0.6) is 0 Å². The summed E-state index contributed by atoms with van der Waals surface area (Å²) in [6, 6.07) is 0. The highest BCUT2D eigenvalue weighted by Gasteiger charge is 2.35. The molecule has 0 radical (unpaired) electrons. The standard InChI is InChI=1S/C13H15N9OS/c1-3-22-11-9(18-20-22)10(14-6-15-11)21-4-8(5-21)12(23)16-13-19-17-7(2)24-13/h6,8H,3-5H2,1-2H3,(H,16,19,23). The summed E-state index contributed by atoms with van der Waals surface area (Å²) in [4.78, 5) is 22.8. The Bertz CT molecular complexity index is 898. The third-order valence-corrected chi connectivity index (χ3v) is 4.64. The smallest absolute Gasteiger partial charge is 0.232 e. The Hall–Kier alpha value is -2.69. The molecule has 0 atom stereocenters. The molecule has 11 heteroatoms. The minimum atomic E-state index is -0.111. The van der Waals surface area contributed by atoms with Crippen molar-refractivity contribution >= 4 is 39.4 Å². The minimum Gasteiger partial charge on any atom is -0.353 e. The third-order valence-electron chi connectivity index (χ3n) is 3.89. The van der Waals surface area contributed by atoms with E-state index in [9.17, 15) is 4.79 Å². The number of carbonyl (C=O) groups is 1. The fraction of sp³-hybridized carbons (Fsp3) is 0.462. The summed E-state index contributed by atoms with van der Waals surface area (Å²) in [5, 5.41) is 20.2. The van der Waals surface area contributed by atoms with E-state index in [0.29, 0.717) is 35.9 Å². The molecule has 0 bridgehead atoms. The van der Waals surface area contributed by atoms with Gasteiger partial charge < -0.3 is 10.2 Å². The first-order valence-electron chi connectivity index (χ1n) is 7.55. The molecule has 1 N–H and O–H groups in total. The summed E-state index contributed by atoms with van der Waals surface area (Å²) < 4.78 is 1.72. The molecule has 0 aliphatic carbocycles. The number of hydrogen-bond acceptors (Lipinski definition) is 9. The van der Waals surface area contributed by atoms with E-state index >= 15 is 0 Å². The summed E-state index contributed by atoms with van der Waals surface area (Å²) in [6.07, 6.45) is 1.50. The first-order valence-corrected chi connectivity index (χ1v) is 8.37. The van der Waals surface area contributed by atoms with E-state index in [4.69, 9.17) is 0 Å². The van der Waals surface area contributed by atoms with Crippen molar-refractivity contribution < 1.29 is 4.79 Å². The zero-order chi connectivity index (χ0) is 16.7. The number of anilines is 2. The number of nitrogens with zero attached hydrogens (tertiary/aromatic N) is 8. The van der Waals surface area contributed by atoms with E-state index in [2.05, 4.69) is 35.8 Å². The number of aromatic nitrogens is 7. The lowest BCUT2D eigenvalue weighted by molar-refractivity contribution is -0.120. The highest BCUT2D eigenvalue weighted by molar-refractivity contribution is 7.15. The SMILES string of the molecule is CCn1nnc2c(N3CC(C(=O)Nc4nnc(C)s4)C3)ncnc21. The molecule has 0 aromatic carbocycles. The molecule has 4 rings (SSSR count). The van der Waals surface area contributed by atoms with Crippen molar-refractivity contribution in [3.05, 3.63) is 11.3 Å². The second-order valence-electron chi connectivity index (χ2n) is 5.49. The number of aryl methyl sites for hydroxylation is 2. The number of carbonyl (C=O) groups excluding carboxylic acids is 1. The molecule has 1 aliphatic heterocycles. The van der Waals surface area contributed by atoms with E-state index in [1.54, 1.807) is 4.68 Å². The quantitative estimate of drug-likeness (QED) is 0.726. The molecule has 1 saturated heterocycles. The van der Waals surface area contributed by atoms with Gasteiger partial charge in [0.15, 0.2) is 17.0 Å². The van der Waals surface area contributed by atoms with Crippen LogP contribution in [-0.2, 0) is 11.3 Å². The van der Waals surface area contributed by atoms with Gasteiger partial charge in [0, 0.05) is 19.6 Å². The van der Waals surface area contributed by atoms with Crippen LogP contribution in [0.3, 0.4) is 0 Å². The van der Waals surface area contributed by atoms with E-state index in [1.165, 1.54) is 17.7 Å². The number of amides is 1. The minimum absolute atomic E-state index is 0.0510. The van der Waals surface area contributed by atoms with Crippen LogP contribution in [0.4, 0.5) is 10.9 Å². The Labute approximate surface area is 140 Å². The van der Waals surface area contributed by atoms with Gasteiger partial charge in [0.25, 0.3) is 0 Å². The monoisotopic (exact) mass is 345 g/mol. The van der Waals surface area contributed by atoms with Gasteiger partial charge in [-0.15, -0.1) is 15.3 Å². The van der Waals surface area contributed by atoms with Crippen molar-refractivity contribution in [2.24, 2.45) is 5.92 Å². The number of rotatable bonds is 4. The third kappa shape index (κ3) is 2.46. The fourth-order valence-corrected chi connectivity index (χ4v) is 3.19. The van der Waals surface area contributed by atoms with Gasteiger partial charge in [-0.05, 0) is 13.8 Å². The van der Waals surface area contributed by atoms with Gasteiger partial charge in [-0.25, -0.2) is 14.6 Å². The second kappa shape index (κ2) is 5.74. The maximum atomic E-state index is 12.2. The normalized spacial score (nSPS) is 14.8. The molecule has 10 nitrogen and oxygen atoms in total. The van der Waals surface area contributed by atoms with Crippen molar-refractivity contribution in [1.29, 1.82) is 0 Å². The van der Waals surface area contributed by atoms with Crippen molar-refractivity contribution in [3.63, 3.8) is 0 Å². The molecule has 4 heterocycles. The van der Waals surface area contributed by atoms with E-state index in [0.717, 1.165) is 10.8 Å². The van der Waals surface area contributed by atoms with E-state index in [-0.39, 0.29) is 11.8 Å². The van der Waals surface area contributed by atoms with E-state index in [1.807, 2.05) is 18.7 Å². The Morgan fingerprint density at radius 2 is 2.17 bits per heavy atom. The van der Waals surface area contributed by atoms with Crippen molar-refractivity contribution in [2.45, 2.75) is 20.4 Å². The Balaban J connectivity index is 1.46. The van der Waals surface area contributed by atoms with Crippen LogP contribution >= 0.6 is 11.3 Å². The lowest BCUT2D eigenvalue weighted by atomic mass is 9.99. The largest absolute Gasteiger partial charge is 0.353 e. The predicted octanol–water partition coefficient (Wildman–Crippen LogP) is 0.476. The summed E-state index contributed by atoms with van der Waals surface area (Å²) in [6.45, 7) is 5.68.